The topological polar surface area (TPSA) is 58.2 Å². The predicted molar refractivity (Wildman–Crippen MR) is 88.1 cm³/mol. The van der Waals surface area contributed by atoms with Gasteiger partial charge in [-0.05, 0) is 30.7 Å². The summed E-state index contributed by atoms with van der Waals surface area (Å²) >= 11 is 11.8. The van der Waals surface area contributed by atoms with Gasteiger partial charge >= 0.3 is 11.8 Å². The summed E-state index contributed by atoms with van der Waals surface area (Å²) in [5.74, 6) is -1.54. The number of benzene rings is 2. The number of nitrogens with one attached hydrogen (secondary N) is 2. The van der Waals surface area contributed by atoms with Gasteiger partial charge in [-0.3, -0.25) is 9.59 Å². The predicted octanol–water partition coefficient (Wildman–Crippen LogP) is 3.81. The number of carbonyl (C=O) groups excluding carboxylic acids is 2. The molecule has 2 rings (SSSR count). The quantitative estimate of drug-likeness (QED) is 0.837. The van der Waals surface area contributed by atoms with E-state index >= 15 is 0 Å². The van der Waals surface area contributed by atoms with Gasteiger partial charge in [0.15, 0.2) is 0 Å². The largest absolute Gasteiger partial charge is 0.341 e. The maximum atomic E-state index is 11.9. The first-order chi connectivity index (χ1) is 10.5. The molecule has 6 heteroatoms. The second kappa shape index (κ2) is 7.29. The van der Waals surface area contributed by atoms with E-state index in [2.05, 4.69) is 10.6 Å². The third-order valence-corrected chi connectivity index (χ3v) is 3.59. The monoisotopic (exact) mass is 336 g/mol. The Kier molecular flexibility index (Phi) is 5.41. The highest BCUT2D eigenvalue weighted by molar-refractivity contribution is 6.42. The van der Waals surface area contributed by atoms with Crippen molar-refractivity contribution in [1.82, 2.24) is 5.32 Å². The van der Waals surface area contributed by atoms with Crippen LogP contribution in [0.15, 0.2) is 48.5 Å². The van der Waals surface area contributed by atoms with Crippen molar-refractivity contribution >= 4 is 40.7 Å². The van der Waals surface area contributed by atoms with Crippen LogP contribution in [0.25, 0.3) is 0 Å². The highest BCUT2D eigenvalue weighted by atomic mass is 35.5. The van der Waals surface area contributed by atoms with Crippen molar-refractivity contribution in [2.24, 2.45) is 0 Å². The maximum absolute atomic E-state index is 11.9. The fraction of sp³-hybridized carbons (Fsp3) is 0.125. The molecule has 0 heterocycles. The molecule has 0 aromatic heterocycles. The Morgan fingerprint density at radius 1 is 1.00 bits per heavy atom. The molecule has 22 heavy (non-hydrogen) atoms. The molecule has 0 saturated carbocycles. The lowest BCUT2D eigenvalue weighted by molar-refractivity contribution is -0.136. The molecule has 0 bridgehead atoms. The Hall–Kier alpha value is -2.04. The van der Waals surface area contributed by atoms with Crippen LogP contribution in [-0.4, -0.2) is 11.8 Å². The van der Waals surface area contributed by atoms with Gasteiger partial charge in [0, 0.05) is 5.02 Å². The van der Waals surface area contributed by atoms with Crippen LogP contribution in [0, 0.1) is 0 Å². The lowest BCUT2D eigenvalue weighted by atomic mass is 10.1. The summed E-state index contributed by atoms with van der Waals surface area (Å²) in [7, 11) is 0. The number of hydrogen-bond acceptors (Lipinski definition) is 2. The summed E-state index contributed by atoms with van der Waals surface area (Å²) in [5, 5.41) is 5.79. The minimum absolute atomic E-state index is 0.283. The van der Waals surface area contributed by atoms with Crippen molar-refractivity contribution in [1.29, 1.82) is 0 Å². The van der Waals surface area contributed by atoms with Crippen molar-refractivity contribution < 1.29 is 9.59 Å². The van der Waals surface area contributed by atoms with Crippen molar-refractivity contribution in [3.05, 3.63) is 64.1 Å². The lowest BCUT2D eigenvalue weighted by Crippen LogP contribution is -2.36. The first kappa shape index (κ1) is 16.3. The lowest BCUT2D eigenvalue weighted by Gasteiger charge is -2.14. The number of carbonyl (C=O) groups is 2. The Morgan fingerprint density at radius 2 is 1.68 bits per heavy atom. The minimum atomic E-state index is -0.799. The van der Waals surface area contributed by atoms with Gasteiger partial charge in [0.25, 0.3) is 0 Å². The van der Waals surface area contributed by atoms with Gasteiger partial charge in [0.1, 0.15) is 0 Å². The molecule has 2 amide bonds. The van der Waals surface area contributed by atoms with Gasteiger partial charge in [-0.15, -0.1) is 0 Å². The van der Waals surface area contributed by atoms with Crippen LogP contribution in [-0.2, 0) is 9.59 Å². The van der Waals surface area contributed by atoms with Crippen LogP contribution >= 0.6 is 23.2 Å². The molecule has 4 nitrogen and oxygen atoms in total. The van der Waals surface area contributed by atoms with Gasteiger partial charge in [-0.2, -0.15) is 0 Å². The minimum Gasteiger partial charge on any atom is -0.341 e. The van der Waals surface area contributed by atoms with Crippen LogP contribution in [0.2, 0.25) is 10.0 Å². The van der Waals surface area contributed by atoms with E-state index in [1.54, 1.807) is 19.1 Å². The van der Waals surface area contributed by atoms with E-state index in [9.17, 15) is 9.59 Å². The molecular formula is C16H14Cl2N2O2. The summed E-state index contributed by atoms with van der Waals surface area (Å²) in [6.07, 6.45) is 0. The number of hydrogen-bond donors (Lipinski definition) is 2. The van der Waals surface area contributed by atoms with Gasteiger partial charge in [0.05, 0.1) is 16.8 Å². The molecule has 0 aliphatic heterocycles. The molecule has 0 saturated heterocycles. The Labute approximate surface area is 138 Å². The van der Waals surface area contributed by atoms with E-state index < -0.39 is 11.8 Å². The van der Waals surface area contributed by atoms with Gasteiger partial charge < -0.3 is 10.6 Å². The zero-order chi connectivity index (χ0) is 16.1. The molecule has 0 fully saturated rings. The SMILES string of the molecule is C[C@H](NC(=O)C(=O)Nc1cc(Cl)ccc1Cl)c1ccccc1. The average molecular weight is 337 g/mol. The molecule has 0 radical (unpaired) electrons. The zero-order valence-electron chi connectivity index (χ0n) is 11.8. The Bertz CT molecular complexity index is 690. The molecule has 2 N–H and O–H groups in total. The third-order valence-electron chi connectivity index (χ3n) is 3.03. The van der Waals surface area contributed by atoms with Crippen molar-refractivity contribution in [3.63, 3.8) is 0 Å². The first-order valence-electron chi connectivity index (χ1n) is 6.59. The van der Waals surface area contributed by atoms with Crippen molar-refractivity contribution in [2.75, 3.05) is 5.32 Å². The summed E-state index contributed by atoms with van der Waals surface area (Å²) in [6, 6.07) is 13.7. The second-order valence-electron chi connectivity index (χ2n) is 4.68. The second-order valence-corrected chi connectivity index (χ2v) is 5.53. The Morgan fingerprint density at radius 3 is 2.36 bits per heavy atom. The fourth-order valence-corrected chi connectivity index (χ4v) is 2.20. The van der Waals surface area contributed by atoms with Crippen LogP contribution in [0.1, 0.15) is 18.5 Å². The van der Waals surface area contributed by atoms with E-state index in [1.807, 2.05) is 30.3 Å². The number of amides is 2. The number of halogens is 2. The van der Waals surface area contributed by atoms with Crippen LogP contribution in [0.3, 0.4) is 0 Å². The first-order valence-corrected chi connectivity index (χ1v) is 7.35. The van der Waals surface area contributed by atoms with E-state index in [-0.39, 0.29) is 6.04 Å². The normalized spacial score (nSPS) is 11.6. The fourth-order valence-electron chi connectivity index (χ4n) is 1.86. The highest BCUT2D eigenvalue weighted by Crippen LogP contribution is 2.25. The van der Waals surface area contributed by atoms with Crippen molar-refractivity contribution in [2.45, 2.75) is 13.0 Å². The van der Waals surface area contributed by atoms with E-state index in [1.165, 1.54) is 6.07 Å². The third kappa shape index (κ3) is 4.23. The van der Waals surface area contributed by atoms with Crippen LogP contribution < -0.4 is 10.6 Å². The van der Waals surface area contributed by atoms with Crippen LogP contribution in [0.5, 0.6) is 0 Å². The highest BCUT2D eigenvalue weighted by Gasteiger charge is 2.18. The van der Waals surface area contributed by atoms with E-state index in [0.717, 1.165) is 5.56 Å². The van der Waals surface area contributed by atoms with Crippen LogP contribution in [0.4, 0.5) is 5.69 Å². The number of rotatable bonds is 3. The molecule has 0 unspecified atom stereocenters. The molecule has 2 aromatic rings. The van der Waals surface area contributed by atoms with Gasteiger partial charge in [-0.25, -0.2) is 0 Å². The summed E-state index contributed by atoms with van der Waals surface area (Å²) in [5.41, 5.74) is 1.20. The summed E-state index contributed by atoms with van der Waals surface area (Å²) < 4.78 is 0. The molecular weight excluding hydrogens is 323 g/mol. The van der Waals surface area contributed by atoms with E-state index in [4.69, 9.17) is 23.2 Å². The molecule has 2 aromatic carbocycles. The Balaban J connectivity index is 2.01. The standard InChI is InChI=1S/C16H14Cl2N2O2/c1-10(11-5-3-2-4-6-11)19-15(21)16(22)20-14-9-12(17)7-8-13(14)18/h2-10H,1H3,(H,19,21)(H,20,22)/t10-/m0/s1. The average Bonchev–Trinajstić information content (AvgIpc) is 2.51. The van der Waals surface area contributed by atoms with Crippen molar-refractivity contribution in [3.8, 4) is 0 Å². The molecule has 1 atom stereocenters. The van der Waals surface area contributed by atoms with Gasteiger partial charge in [0.2, 0.25) is 0 Å². The molecule has 0 aliphatic rings. The molecule has 0 aliphatic carbocycles. The van der Waals surface area contributed by atoms with Gasteiger partial charge in [-0.1, -0.05) is 53.5 Å². The summed E-state index contributed by atoms with van der Waals surface area (Å²) in [6.45, 7) is 1.80. The smallest absolute Gasteiger partial charge is 0.313 e. The van der Waals surface area contributed by atoms with E-state index in [0.29, 0.717) is 15.7 Å². The molecule has 0 spiro atoms. The number of anilines is 1. The summed E-state index contributed by atoms with van der Waals surface area (Å²) in [4.78, 5) is 23.8. The maximum Gasteiger partial charge on any atom is 0.313 e. The zero-order valence-corrected chi connectivity index (χ0v) is 13.3. The molecule has 114 valence electrons.